The highest BCUT2D eigenvalue weighted by atomic mass is 16.5. The van der Waals surface area contributed by atoms with Crippen LogP contribution in [0.25, 0.3) is 22.1 Å². The van der Waals surface area contributed by atoms with E-state index in [1.54, 1.807) is 12.5 Å². The second-order valence-corrected chi connectivity index (χ2v) is 8.97. The Kier molecular flexibility index (Phi) is 5.57. The number of rotatable bonds is 6. The normalized spacial score (nSPS) is 15.5. The predicted octanol–water partition coefficient (Wildman–Crippen LogP) is 4.38. The molecule has 0 amide bonds. The second kappa shape index (κ2) is 9.04. The minimum atomic E-state index is 0.261. The summed E-state index contributed by atoms with van der Waals surface area (Å²) in [5.41, 5.74) is 5.15. The predicted molar refractivity (Wildman–Crippen MR) is 138 cm³/mol. The summed E-state index contributed by atoms with van der Waals surface area (Å²) in [5.74, 6) is 2.76. The van der Waals surface area contributed by atoms with Gasteiger partial charge in [-0.05, 0) is 49.2 Å². The molecule has 1 aliphatic rings. The van der Waals surface area contributed by atoms with Crippen molar-refractivity contribution in [1.82, 2.24) is 29.5 Å². The van der Waals surface area contributed by atoms with Gasteiger partial charge in [-0.3, -0.25) is 0 Å². The highest BCUT2D eigenvalue weighted by molar-refractivity contribution is 5.87. The van der Waals surface area contributed by atoms with Gasteiger partial charge in [-0.2, -0.15) is 0 Å². The highest BCUT2D eigenvalue weighted by Crippen LogP contribution is 2.31. The van der Waals surface area contributed by atoms with E-state index in [9.17, 15) is 0 Å². The topological polar surface area (TPSA) is 103 Å². The third-order valence-electron chi connectivity index (χ3n) is 6.50. The summed E-state index contributed by atoms with van der Waals surface area (Å²) in [4.78, 5) is 24.5. The molecule has 0 unspecified atom stereocenters. The number of ether oxygens (including phenoxy) is 2. The molecule has 0 spiro atoms. The van der Waals surface area contributed by atoms with E-state index in [0.717, 1.165) is 46.8 Å². The molecule has 1 aliphatic heterocycles. The van der Waals surface area contributed by atoms with Gasteiger partial charge in [0.25, 0.3) is 0 Å². The van der Waals surface area contributed by atoms with Gasteiger partial charge in [0.1, 0.15) is 28.9 Å². The Morgan fingerprint density at radius 3 is 2.83 bits per heavy atom. The maximum absolute atomic E-state index is 6.15. The molecule has 1 N–H and O–H groups in total. The molecule has 2 aromatic carbocycles. The molecular formula is C26H26N8O2. The molecule has 0 radical (unpaired) electrons. The third kappa shape index (κ3) is 4.16. The van der Waals surface area contributed by atoms with E-state index in [0.29, 0.717) is 29.4 Å². The lowest BCUT2D eigenvalue weighted by Crippen LogP contribution is -2.33. The summed E-state index contributed by atoms with van der Waals surface area (Å²) >= 11 is 0. The number of nitrogens with zero attached hydrogens (tertiary/aromatic N) is 7. The third-order valence-corrected chi connectivity index (χ3v) is 6.50. The van der Waals surface area contributed by atoms with E-state index in [4.69, 9.17) is 14.5 Å². The molecule has 5 aromatic rings. The van der Waals surface area contributed by atoms with E-state index in [2.05, 4.69) is 30.2 Å². The summed E-state index contributed by atoms with van der Waals surface area (Å²) in [6, 6.07) is 12.1. The van der Waals surface area contributed by atoms with Crippen LogP contribution >= 0.6 is 0 Å². The van der Waals surface area contributed by atoms with Crippen molar-refractivity contribution in [2.45, 2.75) is 19.4 Å². The molecule has 182 valence electrons. The molecule has 3 aromatic heterocycles. The first-order valence-corrected chi connectivity index (χ1v) is 11.8. The number of imidazole rings is 1. The van der Waals surface area contributed by atoms with E-state index >= 15 is 0 Å². The van der Waals surface area contributed by atoms with Crippen LogP contribution in [0.2, 0.25) is 0 Å². The lowest BCUT2D eigenvalue weighted by Gasteiger charge is -2.23. The van der Waals surface area contributed by atoms with Crippen LogP contribution in [0.15, 0.2) is 55.2 Å². The van der Waals surface area contributed by atoms with Crippen molar-refractivity contribution in [3.63, 3.8) is 0 Å². The Bertz CT molecular complexity index is 1560. The fourth-order valence-corrected chi connectivity index (χ4v) is 4.38. The molecule has 4 heterocycles. The molecule has 36 heavy (non-hydrogen) atoms. The van der Waals surface area contributed by atoms with E-state index in [1.165, 1.54) is 6.33 Å². The smallest absolute Gasteiger partial charge is 0.226 e. The average molecular weight is 483 g/mol. The van der Waals surface area contributed by atoms with E-state index in [-0.39, 0.29) is 6.04 Å². The molecule has 1 atom stereocenters. The minimum Gasteiger partial charge on any atom is -0.457 e. The fourth-order valence-electron chi connectivity index (χ4n) is 4.38. The fraction of sp³-hybridized carbons (Fsp3) is 0.269. The largest absolute Gasteiger partial charge is 0.457 e. The number of likely N-dealkylation sites (N-methyl/N-ethyl adjacent to an activating group) is 1. The van der Waals surface area contributed by atoms with Gasteiger partial charge in [-0.1, -0.05) is 0 Å². The van der Waals surface area contributed by atoms with Crippen LogP contribution in [0.3, 0.4) is 0 Å². The molecule has 1 fully saturated rings. The Morgan fingerprint density at radius 2 is 2.00 bits per heavy atom. The van der Waals surface area contributed by atoms with Crippen LogP contribution in [0.1, 0.15) is 12.0 Å². The zero-order valence-corrected chi connectivity index (χ0v) is 20.3. The minimum absolute atomic E-state index is 0.261. The van der Waals surface area contributed by atoms with Gasteiger partial charge in [0.2, 0.25) is 5.95 Å². The Morgan fingerprint density at radius 1 is 1.08 bits per heavy atom. The lowest BCUT2D eigenvalue weighted by atomic mass is 10.2. The molecule has 0 bridgehead atoms. The van der Waals surface area contributed by atoms with E-state index < -0.39 is 0 Å². The lowest BCUT2D eigenvalue weighted by molar-refractivity contribution is 0.193. The number of hydrogen-bond donors (Lipinski definition) is 1. The Balaban J connectivity index is 1.24. The van der Waals surface area contributed by atoms with Crippen molar-refractivity contribution in [3.05, 3.63) is 60.8 Å². The van der Waals surface area contributed by atoms with Gasteiger partial charge in [0, 0.05) is 32.5 Å². The molecule has 0 saturated carbocycles. The van der Waals surface area contributed by atoms with Crippen molar-refractivity contribution < 1.29 is 9.47 Å². The monoisotopic (exact) mass is 482 g/mol. The van der Waals surface area contributed by atoms with Crippen LogP contribution in [-0.4, -0.2) is 55.8 Å². The second-order valence-electron chi connectivity index (χ2n) is 8.97. The van der Waals surface area contributed by atoms with Gasteiger partial charge in [-0.15, -0.1) is 0 Å². The molecule has 10 nitrogen and oxygen atoms in total. The number of fused-ring (bicyclic) bond motifs is 2. The van der Waals surface area contributed by atoms with Crippen molar-refractivity contribution in [1.29, 1.82) is 0 Å². The molecule has 0 aliphatic carbocycles. The number of nitrogens with one attached hydrogen (secondary N) is 1. The molecule has 1 saturated heterocycles. The number of anilines is 3. The average Bonchev–Trinajstić information content (AvgIpc) is 3.56. The maximum atomic E-state index is 6.15. The van der Waals surface area contributed by atoms with Crippen LogP contribution in [0, 0.1) is 6.92 Å². The van der Waals surface area contributed by atoms with Gasteiger partial charge in [0.05, 0.1) is 36.2 Å². The number of hydrogen-bond acceptors (Lipinski definition) is 9. The summed E-state index contributed by atoms with van der Waals surface area (Å²) in [7, 11) is 3.97. The maximum Gasteiger partial charge on any atom is 0.226 e. The van der Waals surface area contributed by atoms with E-state index in [1.807, 2.05) is 62.0 Å². The van der Waals surface area contributed by atoms with Crippen molar-refractivity contribution in [2.75, 3.05) is 30.5 Å². The van der Waals surface area contributed by atoms with Crippen LogP contribution < -0.4 is 15.0 Å². The number of aromatic nitrogens is 6. The summed E-state index contributed by atoms with van der Waals surface area (Å²) in [6.07, 6.45) is 6.00. The summed E-state index contributed by atoms with van der Waals surface area (Å²) < 4.78 is 13.7. The van der Waals surface area contributed by atoms with Gasteiger partial charge < -0.3 is 24.3 Å². The van der Waals surface area contributed by atoms with Crippen LogP contribution in [0.5, 0.6) is 11.5 Å². The zero-order chi connectivity index (χ0) is 24.6. The summed E-state index contributed by atoms with van der Waals surface area (Å²) in [6.45, 7) is 3.45. The first-order valence-electron chi connectivity index (χ1n) is 11.8. The zero-order valence-electron chi connectivity index (χ0n) is 20.3. The first-order chi connectivity index (χ1) is 17.5. The Hall–Kier alpha value is -4.31. The van der Waals surface area contributed by atoms with Gasteiger partial charge >= 0.3 is 0 Å². The molecule has 6 rings (SSSR count). The standard InChI is InChI=1S/C26H26N8O2/c1-16-10-17(4-7-23(16)36-19-5-6-22-20(11-19)30-15-33(22)2)31-25-24-21(28-14-29-25)12-27-26(32-24)34(3)18-8-9-35-13-18/h4-7,10-12,14-15,18H,8-9,13H2,1-3H3,(H,28,29,31)/t18-/m0/s1. The van der Waals surface area contributed by atoms with Crippen molar-refractivity contribution in [3.8, 4) is 11.5 Å². The van der Waals surface area contributed by atoms with Crippen LogP contribution in [-0.2, 0) is 11.8 Å². The number of aryl methyl sites for hydroxylation is 2. The Labute approximate surface area is 208 Å². The van der Waals surface area contributed by atoms with Crippen molar-refractivity contribution >= 4 is 39.5 Å². The van der Waals surface area contributed by atoms with Gasteiger partial charge in [0.15, 0.2) is 5.82 Å². The summed E-state index contributed by atoms with van der Waals surface area (Å²) in [5, 5.41) is 3.39. The highest BCUT2D eigenvalue weighted by Gasteiger charge is 2.23. The molecule has 10 heteroatoms. The van der Waals surface area contributed by atoms with Crippen molar-refractivity contribution in [2.24, 2.45) is 7.05 Å². The SMILES string of the molecule is Cc1cc(Nc2ncnc3cnc(N(C)[C@H]4CCOC4)nc23)ccc1Oc1ccc2c(c1)ncn2C. The van der Waals surface area contributed by atoms with Crippen LogP contribution in [0.4, 0.5) is 17.5 Å². The quantitative estimate of drug-likeness (QED) is 0.378. The first kappa shape index (κ1) is 22.2. The number of benzene rings is 2. The molecular weight excluding hydrogens is 456 g/mol. The van der Waals surface area contributed by atoms with Gasteiger partial charge in [-0.25, -0.2) is 24.9 Å².